The van der Waals surface area contributed by atoms with Gasteiger partial charge in [0.25, 0.3) is 0 Å². The first-order valence-electron chi connectivity index (χ1n) is 3.88. The van der Waals surface area contributed by atoms with Gasteiger partial charge in [0.1, 0.15) is 19.1 Å². The Morgan fingerprint density at radius 1 is 1.38 bits per heavy atom. The van der Waals surface area contributed by atoms with E-state index in [2.05, 4.69) is 24.0 Å². The smallest absolute Gasteiger partial charge is 0.240 e. The highest BCUT2D eigenvalue weighted by molar-refractivity contribution is 7.57. The van der Waals surface area contributed by atoms with Crippen LogP contribution in [-0.2, 0) is 13.6 Å². The topological polar surface area (TPSA) is 69.5 Å². The molecule has 1 aromatic heterocycles. The fraction of sp³-hybridized carbons (Fsp3) is 0.571. The highest BCUT2D eigenvalue weighted by atomic mass is 31.2. The van der Waals surface area contributed by atoms with Crippen molar-refractivity contribution < 1.29 is 19.2 Å². The van der Waals surface area contributed by atoms with Crippen LogP contribution in [0, 0.1) is 0 Å². The summed E-state index contributed by atoms with van der Waals surface area (Å²) in [5.41, 5.74) is 0. The summed E-state index contributed by atoms with van der Waals surface area (Å²) in [4.78, 5) is 23.2. The molecule has 0 saturated carbocycles. The van der Waals surface area contributed by atoms with Gasteiger partial charge in [-0.15, -0.1) is 0 Å². The quantitative estimate of drug-likeness (QED) is 0.438. The molecule has 0 radical (unpaired) electrons. The summed E-state index contributed by atoms with van der Waals surface area (Å²) in [6, 6.07) is 0. The van der Waals surface area contributed by atoms with Crippen LogP contribution in [-0.4, -0.2) is 25.9 Å². The van der Waals surface area contributed by atoms with Crippen LogP contribution in [0.1, 0.15) is 6.92 Å². The van der Waals surface area contributed by atoms with Crippen molar-refractivity contribution in [1.29, 1.82) is 0 Å². The van der Waals surface area contributed by atoms with E-state index in [1.54, 1.807) is 0 Å². The monoisotopic (exact) mass is 208 g/mol. The SMILES string of the molecule is CCn1cc[n+](C)c1.C[P+](O)(O)O. The van der Waals surface area contributed by atoms with Crippen LogP contribution in [0.4, 0.5) is 0 Å². The summed E-state index contributed by atoms with van der Waals surface area (Å²) in [6.07, 6.45) is 6.14. The Hall–Kier alpha value is -0.480. The molecule has 0 aliphatic rings. The van der Waals surface area contributed by atoms with Gasteiger partial charge in [0, 0.05) is 0 Å². The lowest BCUT2D eigenvalue weighted by atomic mass is 10.7. The van der Waals surface area contributed by atoms with Crippen molar-refractivity contribution in [2.45, 2.75) is 13.5 Å². The lowest BCUT2D eigenvalue weighted by Gasteiger charge is -1.88. The number of hydrogen-bond acceptors (Lipinski definition) is 3. The van der Waals surface area contributed by atoms with E-state index >= 15 is 0 Å². The lowest BCUT2D eigenvalue weighted by Crippen LogP contribution is -2.23. The molecular formula is C7H17N2O3P+2. The molecule has 0 spiro atoms. The molecule has 3 N–H and O–H groups in total. The van der Waals surface area contributed by atoms with Crippen LogP contribution in [0.5, 0.6) is 0 Å². The van der Waals surface area contributed by atoms with Crippen molar-refractivity contribution in [2.75, 3.05) is 6.66 Å². The summed E-state index contributed by atoms with van der Waals surface area (Å²) < 4.78 is 4.16. The first kappa shape index (κ1) is 12.5. The average Bonchev–Trinajstić information content (AvgIpc) is 2.31. The molecule has 5 nitrogen and oxygen atoms in total. The van der Waals surface area contributed by atoms with Crippen molar-refractivity contribution >= 4 is 7.94 Å². The number of nitrogens with zero attached hydrogens (tertiary/aromatic N) is 2. The van der Waals surface area contributed by atoms with Crippen LogP contribution in [0.2, 0.25) is 0 Å². The Labute approximate surface area is 78.5 Å². The zero-order valence-corrected chi connectivity index (χ0v) is 9.02. The van der Waals surface area contributed by atoms with Gasteiger partial charge in [-0.1, -0.05) is 0 Å². The second-order valence-electron chi connectivity index (χ2n) is 2.78. The van der Waals surface area contributed by atoms with E-state index in [9.17, 15) is 0 Å². The van der Waals surface area contributed by atoms with Gasteiger partial charge >= 0.3 is 7.94 Å². The number of rotatable bonds is 1. The molecule has 1 rings (SSSR count). The molecule has 0 saturated heterocycles. The second-order valence-corrected chi connectivity index (χ2v) is 4.51. The molecule has 76 valence electrons. The molecule has 1 aromatic rings. The normalized spacial score (nSPS) is 10.6. The maximum absolute atomic E-state index is 7.74. The molecule has 0 unspecified atom stereocenters. The van der Waals surface area contributed by atoms with Crippen molar-refractivity contribution in [3.8, 4) is 0 Å². The standard InChI is InChI=1S/C6H11N2.CH6O3P/c1-3-8-5-4-7(2)6-8;1-5(2,3)4/h4-6H,3H2,1-2H3;2-4H,1H3/q2*+1. The third kappa shape index (κ3) is 9.43. The predicted octanol–water partition coefficient (Wildman–Crippen LogP) is -0.312. The first-order chi connectivity index (χ1) is 5.83. The molecule has 0 amide bonds. The number of hydrogen-bond donors (Lipinski definition) is 3. The Morgan fingerprint density at radius 2 is 1.85 bits per heavy atom. The second kappa shape index (κ2) is 5.29. The van der Waals surface area contributed by atoms with E-state index in [0.29, 0.717) is 0 Å². The summed E-state index contributed by atoms with van der Waals surface area (Å²) in [5.74, 6) is 0. The lowest BCUT2D eigenvalue weighted by molar-refractivity contribution is -0.671. The summed E-state index contributed by atoms with van der Waals surface area (Å²) in [7, 11) is -1.37. The molecule has 13 heavy (non-hydrogen) atoms. The summed E-state index contributed by atoms with van der Waals surface area (Å²) >= 11 is 0. The van der Waals surface area contributed by atoms with Crippen LogP contribution >= 0.6 is 7.94 Å². The van der Waals surface area contributed by atoms with Crippen molar-refractivity contribution in [2.24, 2.45) is 7.05 Å². The molecule has 0 aliphatic heterocycles. The van der Waals surface area contributed by atoms with Gasteiger partial charge in [-0.25, -0.2) is 9.13 Å². The Kier molecular flexibility index (Phi) is 5.10. The zero-order chi connectivity index (χ0) is 10.5. The van der Waals surface area contributed by atoms with E-state index in [1.807, 2.05) is 17.8 Å². The minimum Gasteiger partial charge on any atom is -0.240 e. The highest BCUT2D eigenvalue weighted by Gasteiger charge is 2.17. The number of imidazole rings is 1. The largest absolute Gasteiger partial charge is 0.400 e. The number of aryl methyl sites for hydroxylation is 2. The van der Waals surface area contributed by atoms with Crippen molar-refractivity contribution in [3.63, 3.8) is 0 Å². The van der Waals surface area contributed by atoms with Crippen LogP contribution in [0.15, 0.2) is 18.7 Å². The van der Waals surface area contributed by atoms with Gasteiger partial charge in [-0.3, -0.25) is 0 Å². The Bertz CT molecular complexity index is 238. The maximum Gasteiger partial charge on any atom is 0.400 e. The molecule has 0 aromatic carbocycles. The summed E-state index contributed by atoms with van der Waals surface area (Å²) in [5, 5.41) is 0. The predicted molar refractivity (Wildman–Crippen MR) is 50.8 cm³/mol. The molecule has 0 aliphatic carbocycles. The van der Waals surface area contributed by atoms with Gasteiger partial charge in [0.15, 0.2) is 0 Å². The molecule has 6 heteroatoms. The van der Waals surface area contributed by atoms with Crippen molar-refractivity contribution in [3.05, 3.63) is 18.7 Å². The minimum absolute atomic E-state index is 0.965. The number of aromatic nitrogens is 2. The van der Waals surface area contributed by atoms with E-state index in [-0.39, 0.29) is 0 Å². The molecular weight excluding hydrogens is 191 g/mol. The van der Waals surface area contributed by atoms with E-state index < -0.39 is 7.94 Å². The van der Waals surface area contributed by atoms with Crippen LogP contribution < -0.4 is 4.57 Å². The zero-order valence-electron chi connectivity index (χ0n) is 8.12. The van der Waals surface area contributed by atoms with Gasteiger partial charge in [0.05, 0.1) is 13.6 Å². The minimum atomic E-state index is -3.39. The Morgan fingerprint density at radius 3 is 2.00 bits per heavy atom. The van der Waals surface area contributed by atoms with Crippen LogP contribution in [0.3, 0.4) is 0 Å². The van der Waals surface area contributed by atoms with Crippen molar-refractivity contribution in [1.82, 2.24) is 4.57 Å². The maximum atomic E-state index is 7.74. The molecule has 1 heterocycles. The van der Waals surface area contributed by atoms with Gasteiger partial charge in [-0.05, 0) is 6.92 Å². The fourth-order valence-electron chi connectivity index (χ4n) is 0.689. The van der Waals surface area contributed by atoms with Gasteiger partial charge in [-0.2, -0.15) is 14.7 Å². The van der Waals surface area contributed by atoms with E-state index in [0.717, 1.165) is 13.2 Å². The fourth-order valence-corrected chi connectivity index (χ4v) is 0.689. The van der Waals surface area contributed by atoms with Gasteiger partial charge < -0.3 is 0 Å². The van der Waals surface area contributed by atoms with Crippen LogP contribution in [0.25, 0.3) is 0 Å². The molecule has 0 bridgehead atoms. The van der Waals surface area contributed by atoms with Gasteiger partial charge in [0.2, 0.25) is 6.33 Å². The third-order valence-electron chi connectivity index (χ3n) is 1.19. The molecule has 0 fully saturated rings. The van der Waals surface area contributed by atoms with E-state index in [4.69, 9.17) is 14.7 Å². The molecule has 0 atom stereocenters. The first-order valence-corrected chi connectivity index (χ1v) is 5.98. The van der Waals surface area contributed by atoms with E-state index in [1.165, 1.54) is 0 Å². The third-order valence-corrected chi connectivity index (χ3v) is 1.19. The average molecular weight is 208 g/mol. The Balaban J connectivity index is 0.000000252. The highest BCUT2D eigenvalue weighted by Crippen LogP contribution is 2.38. The summed E-state index contributed by atoms with van der Waals surface area (Å²) in [6.45, 7) is 4.15.